The lowest BCUT2D eigenvalue weighted by atomic mass is 9.86. The molecule has 1 saturated carbocycles. The zero-order valence-corrected chi connectivity index (χ0v) is 13.6. The van der Waals surface area contributed by atoms with Crippen molar-refractivity contribution in [2.45, 2.75) is 31.7 Å². The fraction of sp³-hybridized carbons (Fsp3) is 0.438. The van der Waals surface area contributed by atoms with Crippen molar-refractivity contribution in [3.8, 4) is 0 Å². The number of nitrogens with one attached hydrogen (secondary N) is 3. The zero-order valence-electron chi connectivity index (χ0n) is 12.7. The van der Waals surface area contributed by atoms with Gasteiger partial charge in [0.25, 0.3) is 5.91 Å². The summed E-state index contributed by atoms with van der Waals surface area (Å²) in [6.45, 7) is 0.688. The topological polar surface area (TPSA) is 90.5 Å². The van der Waals surface area contributed by atoms with E-state index in [0.717, 1.165) is 25.7 Å². The van der Waals surface area contributed by atoms with Crippen LogP contribution in [0.25, 0.3) is 0 Å². The van der Waals surface area contributed by atoms with Gasteiger partial charge in [0.05, 0.1) is 0 Å². The van der Waals surface area contributed by atoms with Crippen LogP contribution in [0.1, 0.15) is 36.0 Å². The first-order valence-electron chi connectivity index (χ1n) is 7.68. The third-order valence-electron chi connectivity index (χ3n) is 3.99. The van der Waals surface area contributed by atoms with Gasteiger partial charge in [-0.15, -0.1) is 0 Å². The maximum absolute atomic E-state index is 11.9. The molecule has 0 saturated heterocycles. The quantitative estimate of drug-likeness (QED) is 0.633. The van der Waals surface area contributed by atoms with Crippen molar-refractivity contribution in [2.24, 2.45) is 5.92 Å². The SMILES string of the molecule is O=C(O)NC1CCC(CNC(=S)NC(=O)c2ccccc2)CC1. The Morgan fingerprint density at radius 3 is 2.39 bits per heavy atom. The van der Waals surface area contributed by atoms with Gasteiger partial charge in [0.15, 0.2) is 5.11 Å². The van der Waals surface area contributed by atoms with Crippen molar-refractivity contribution in [2.75, 3.05) is 6.54 Å². The Kier molecular flexibility index (Phi) is 6.34. The standard InChI is InChI=1S/C16H21N3O3S/c20-14(12-4-2-1-3-5-12)19-15(23)17-10-11-6-8-13(9-7-11)18-16(21)22/h1-5,11,13,18H,6-10H2,(H,21,22)(H2,17,19,20,23). The Morgan fingerprint density at radius 1 is 1.13 bits per heavy atom. The van der Waals surface area contributed by atoms with Gasteiger partial charge in [-0.3, -0.25) is 10.1 Å². The molecule has 2 amide bonds. The first kappa shape index (κ1) is 17.2. The van der Waals surface area contributed by atoms with Crippen LogP contribution in [0, 0.1) is 5.92 Å². The van der Waals surface area contributed by atoms with Crippen LogP contribution in [0.15, 0.2) is 30.3 Å². The molecule has 0 radical (unpaired) electrons. The smallest absolute Gasteiger partial charge is 0.404 e. The average molecular weight is 335 g/mol. The zero-order chi connectivity index (χ0) is 16.7. The molecule has 4 N–H and O–H groups in total. The van der Waals surface area contributed by atoms with E-state index in [-0.39, 0.29) is 11.9 Å². The van der Waals surface area contributed by atoms with Gasteiger partial charge >= 0.3 is 6.09 Å². The Balaban J connectivity index is 1.67. The molecule has 7 heteroatoms. The second-order valence-electron chi connectivity index (χ2n) is 5.70. The van der Waals surface area contributed by atoms with Crippen LogP contribution < -0.4 is 16.0 Å². The molecule has 124 valence electrons. The van der Waals surface area contributed by atoms with Gasteiger partial charge in [0, 0.05) is 18.2 Å². The highest BCUT2D eigenvalue weighted by Gasteiger charge is 2.22. The molecule has 6 nitrogen and oxygen atoms in total. The minimum atomic E-state index is -0.962. The van der Waals surface area contributed by atoms with Gasteiger partial charge in [-0.2, -0.15) is 0 Å². The van der Waals surface area contributed by atoms with Crippen LogP contribution in [0.5, 0.6) is 0 Å². The Bertz CT molecular complexity index is 557. The van der Waals surface area contributed by atoms with Crippen LogP contribution in [0.3, 0.4) is 0 Å². The second-order valence-corrected chi connectivity index (χ2v) is 6.11. The molecule has 1 aliphatic rings. The van der Waals surface area contributed by atoms with Crippen molar-refractivity contribution in [3.05, 3.63) is 35.9 Å². The normalized spacial score (nSPS) is 20.3. The number of hydrogen-bond acceptors (Lipinski definition) is 3. The fourth-order valence-corrected chi connectivity index (χ4v) is 2.91. The maximum atomic E-state index is 11.9. The van der Waals surface area contributed by atoms with Gasteiger partial charge in [0.2, 0.25) is 0 Å². The van der Waals surface area contributed by atoms with E-state index in [1.165, 1.54) is 0 Å². The fourth-order valence-electron chi connectivity index (χ4n) is 2.73. The predicted octanol–water partition coefficient (Wildman–Crippen LogP) is 2.12. The lowest BCUT2D eigenvalue weighted by Crippen LogP contribution is -2.43. The molecule has 1 aromatic carbocycles. The number of thiocarbonyl (C=S) groups is 1. The van der Waals surface area contributed by atoms with E-state index in [9.17, 15) is 9.59 Å². The largest absolute Gasteiger partial charge is 0.465 e. The summed E-state index contributed by atoms with van der Waals surface area (Å²) in [6, 6.07) is 8.96. The van der Waals surface area contributed by atoms with Crippen molar-refractivity contribution in [1.82, 2.24) is 16.0 Å². The molecule has 1 aromatic rings. The lowest BCUT2D eigenvalue weighted by Gasteiger charge is -2.28. The first-order valence-corrected chi connectivity index (χ1v) is 8.09. The van der Waals surface area contributed by atoms with Crippen molar-refractivity contribution >= 4 is 29.3 Å². The van der Waals surface area contributed by atoms with Crippen molar-refractivity contribution < 1.29 is 14.7 Å². The monoisotopic (exact) mass is 335 g/mol. The van der Waals surface area contributed by atoms with Crippen molar-refractivity contribution in [1.29, 1.82) is 0 Å². The minimum Gasteiger partial charge on any atom is -0.465 e. The molecule has 0 aromatic heterocycles. The Morgan fingerprint density at radius 2 is 1.78 bits per heavy atom. The minimum absolute atomic E-state index is 0.0495. The van der Waals surface area contributed by atoms with E-state index in [1.807, 2.05) is 6.07 Å². The summed E-state index contributed by atoms with van der Waals surface area (Å²) >= 11 is 5.15. The lowest BCUT2D eigenvalue weighted by molar-refractivity contribution is 0.0976. The Hall–Kier alpha value is -2.15. The number of amides is 2. The first-order chi connectivity index (χ1) is 11.0. The number of hydrogen-bond donors (Lipinski definition) is 4. The van der Waals surface area contributed by atoms with Crippen LogP contribution in [0.4, 0.5) is 4.79 Å². The predicted molar refractivity (Wildman–Crippen MR) is 91.4 cm³/mol. The van der Waals surface area contributed by atoms with E-state index in [4.69, 9.17) is 17.3 Å². The third kappa shape index (κ3) is 5.86. The van der Waals surface area contributed by atoms with Crippen molar-refractivity contribution in [3.63, 3.8) is 0 Å². The molecule has 2 rings (SSSR count). The van der Waals surface area contributed by atoms with Crippen LogP contribution in [-0.4, -0.2) is 34.8 Å². The van der Waals surface area contributed by atoms with Gasteiger partial charge in [-0.25, -0.2) is 4.79 Å². The summed E-state index contributed by atoms with van der Waals surface area (Å²) in [6.07, 6.45) is 2.58. The highest BCUT2D eigenvalue weighted by atomic mass is 32.1. The molecule has 0 unspecified atom stereocenters. The molecule has 0 heterocycles. The number of carbonyl (C=O) groups excluding carboxylic acids is 1. The number of rotatable bonds is 4. The molecule has 1 fully saturated rings. The van der Waals surface area contributed by atoms with E-state index >= 15 is 0 Å². The molecule has 0 atom stereocenters. The summed E-state index contributed by atoms with van der Waals surface area (Å²) in [4.78, 5) is 22.6. The van der Waals surface area contributed by atoms with Gasteiger partial charge < -0.3 is 15.7 Å². The van der Waals surface area contributed by atoms with E-state index in [0.29, 0.717) is 23.1 Å². The maximum Gasteiger partial charge on any atom is 0.404 e. The second kappa shape index (κ2) is 8.47. The van der Waals surface area contributed by atoms with Gasteiger partial charge in [0.1, 0.15) is 0 Å². The van der Waals surface area contributed by atoms with E-state index in [1.54, 1.807) is 24.3 Å². The van der Waals surface area contributed by atoms with Crippen LogP contribution in [-0.2, 0) is 0 Å². The number of benzene rings is 1. The van der Waals surface area contributed by atoms with Gasteiger partial charge in [-0.1, -0.05) is 18.2 Å². The Labute approximate surface area is 140 Å². The summed E-state index contributed by atoms with van der Waals surface area (Å²) in [5.41, 5.74) is 0.567. The highest BCUT2D eigenvalue weighted by Crippen LogP contribution is 2.23. The molecular formula is C16H21N3O3S. The molecular weight excluding hydrogens is 314 g/mol. The van der Waals surface area contributed by atoms with E-state index < -0.39 is 6.09 Å². The third-order valence-corrected chi connectivity index (χ3v) is 4.24. The average Bonchev–Trinajstić information content (AvgIpc) is 2.54. The highest BCUT2D eigenvalue weighted by molar-refractivity contribution is 7.80. The molecule has 0 aliphatic heterocycles. The number of carbonyl (C=O) groups is 2. The summed E-state index contributed by atoms with van der Waals surface area (Å²) in [5, 5.41) is 17.3. The molecule has 0 spiro atoms. The molecule has 23 heavy (non-hydrogen) atoms. The molecule has 1 aliphatic carbocycles. The van der Waals surface area contributed by atoms with Crippen LogP contribution >= 0.6 is 12.2 Å². The number of carboxylic acid groups (broad SMARTS) is 1. The van der Waals surface area contributed by atoms with E-state index in [2.05, 4.69) is 16.0 Å². The summed E-state index contributed by atoms with van der Waals surface area (Å²) in [5.74, 6) is 0.214. The van der Waals surface area contributed by atoms with Crippen LogP contribution in [0.2, 0.25) is 0 Å². The van der Waals surface area contributed by atoms with Gasteiger partial charge in [-0.05, 0) is 56.0 Å². The summed E-state index contributed by atoms with van der Waals surface area (Å²) < 4.78 is 0. The molecule has 0 bridgehead atoms. The summed E-state index contributed by atoms with van der Waals surface area (Å²) in [7, 11) is 0.